The van der Waals surface area contributed by atoms with Crippen LogP contribution in [-0.4, -0.2) is 62.8 Å². The molecule has 5 N–H and O–H groups in total. The Bertz CT molecular complexity index is 422. The van der Waals surface area contributed by atoms with Gasteiger partial charge in [0.05, 0.1) is 6.61 Å². The van der Waals surface area contributed by atoms with Gasteiger partial charge in [-0.25, -0.2) is 0 Å². The lowest BCUT2D eigenvalue weighted by Crippen LogP contribution is -2.60. The van der Waals surface area contributed by atoms with Crippen molar-refractivity contribution >= 4 is 0 Å². The first-order valence-electron chi connectivity index (χ1n) is 5.70. The molecule has 5 atom stereocenters. The van der Waals surface area contributed by atoms with Crippen molar-refractivity contribution in [3.05, 3.63) is 24.3 Å². The first-order chi connectivity index (χ1) is 9.02. The molecular weight excluding hydrogens is 256 g/mol. The molecular formula is C12H15O7. The summed E-state index contributed by atoms with van der Waals surface area (Å²) in [6.45, 7) is -0.531. The van der Waals surface area contributed by atoms with Gasteiger partial charge >= 0.3 is 0 Å². The van der Waals surface area contributed by atoms with E-state index in [1.165, 1.54) is 18.2 Å². The van der Waals surface area contributed by atoms with Crippen molar-refractivity contribution in [2.45, 2.75) is 30.7 Å². The summed E-state index contributed by atoms with van der Waals surface area (Å²) in [4.78, 5) is 0. The van der Waals surface area contributed by atoms with Crippen LogP contribution in [-0.2, 0) is 4.74 Å². The number of phenolic OH excluding ortho intramolecular Hbond substituents is 1. The van der Waals surface area contributed by atoms with Gasteiger partial charge in [-0.1, -0.05) is 0 Å². The third-order valence-electron chi connectivity index (χ3n) is 2.85. The monoisotopic (exact) mass is 271 g/mol. The van der Waals surface area contributed by atoms with Crippen LogP contribution in [0.25, 0.3) is 0 Å². The summed E-state index contributed by atoms with van der Waals surface area (Å²) in [5.74, 6) is 0.0893. The summed E-state index contributed by atoms with van der Waals surface area (Å²) in [7, 11) is 0. The molecule has 0 saturated carbocycles. The van der Waals surface area contributed by atoms with Gasteiger partial charge in [0.1, 0.15) is 35.9 Å². The first-order valence-corrected chi connectivity index (χ1v) is 5.70. The Morgan fingerprint density at radius 2 is 1.89 bits per heavy atom. The molecule has 7 heteroatoms. The summed E-state index contributed by atoms with van der Waals surface area (Å²) >= 11 is 0. The lowest BCUT2D eigenvalue weighted by Gasteiger charge is -2.39. The summed E-state index contributed by atoms with van der Waals surface area (Å²) in [5, 5.41) is 47.2. The highest BCUT2D eigenvalue weighted by Gasteiger charge is 2.44. The van der Waals surface area contributed by atoms with Crippen LogP contribution in [0.2, 0.25) is 0 Å². The van der Waals surface area contributed by atoms with E-state index in [1.807, 2.05) is 0 Å². The van der Waals surface area contributed by atoms with Gasteiger partial charge in [0.2, 0.25) is 6.29 Å². The number of phenols is 1. The van der Waals surface area contributed by atoms with Crippen LogP contribution in [0.1, 0.15) is 0 Å². The molecule has 0 amide bonds. The van der Waals surface area contributed by atoms with E-state index in [9.17, 15) is 20.4 Å². The second-order valence-electron chi connectivity index (χ2n) is 4.24. The average Bonchev–Trinajstić information content (AvgIpc) is 2.39. The van der Waals surface area contributed by atoms with Crippen molar-refractivity contribution in [2.24, 2.45) is 0 Å². The van der Waals surface area contributed by atoms with Crippen LogP contribution in [0.5, 0.6) is 11.5 Å². The molecule has 2 rings (SSSR count). The topological polar surface area (TPSA) is 120 Å². The van der Waals surface area contributed by atoms with Crippen molar-refractivity contribution in [3.8, 4) is 11.5 Å². The maximum Gasteiger partial charge on any atom is 0.229 e. The number of benzene rings is 1. The highest BCUT2D eigenvalue weighted by molar-refractivity contribution is 5.31. The molecule has 1 aliphatic heterocycles. The molecule has 19 heavy (non-hydrogen) atoms. The SMILES string of the molecule is OC[C@H]1OC(Oc2c[c]cc(O)c2)[C@H](O)[C@@H](O)[C@@H]1O. The molecule has 105 valence electrons. The zero-order valence-electron chi connectivity index (χ0n) is 9.88. The molecule has 1 unspecified atom stereocenters. The van der Waals surface area contributed by atoms with Gasteiger partial charge < -0.3 is 35.0 Å². The van der Waals surface area contributed by atoms with Crippen molar-refractivity contribution in [2.75, 3.05) is 6.61 Å². The molecule has 1 radical (unpaired) electrons. The number of hydrogen-bond donors (Lipinski definition) is 5. The third kappa shape index (κ3) is 2.96. The highest BCUT2D eigenvalue weighted by Crippen LogP contribution is 2.25. The van der Waals surface area contributed by atoms with Gasteiger partial charge in [0.15, 0.2) is 0 Å². The number of aliphatic hydroxyl groups excluding tert-OH is 4. The molecule has 1 aliphatic rings. The van der Waals surface area contributed by atoms with Crippen LogP contribution in [0.15, 0.2) is 18.2 Å². The Morgan fingerprint density at radius 1 is 1.16 bits per heavy atom. The van der Waals surface area contributed by atoms with Crippen molar-refractivity contribution in [1.29, 1.82) is 0 Å². The van der Waals surface area contributed by atoms with Crippen molar-refractivity contribution < 1.29 is 35.0 Å². The Kier molecular flexibility index (Phi) is 4.23. The molecule has 7 nitrogen and oxygen atoms in total. The second-order valence-corrected chi connectivity index (χ2v) is 4.24. The summed E-state index contributed by atoms with van der Waals surface area (Å²) in [6.07, 6.45) is -6.73. The number of aromatic hydroxyl groups is 1. The minimum atomic E-state index is -1.50. The second kappa shape index (κ2) is 5.72. The molecule has 0 spiro atoms. The van der Waals surface area contributed by atoms with Gasteiger partial charge in [-0.05, 0) is 18.2 Å². The molecule has 1 saturated heterocycles. The number of hydrogen-bond acceptors (Lipinski definition) is 7. The maximum atomic E-state index is 9.74. The van der Waals surface area contributed by atoms with Gasteiger partial charge in [-0.3, -0.25) is 0 Å². The zero-order chi connectivity index (χ0) is 14.0. The molecule has 1 heterocycles. The molecule has 0 aromatic heterocycles. The van der Waals surface area contributed by atoms with E-state index in [0.29, 0.717) is 0 Å². The van der Waals surface area contributed by atoms with E-state index < -0.39 is 37.3 Å². The Balaban J connectivity index is 2.10. The van der Waals surface area contributed by atoms with Crippen LogP contribution in [0, 0.1) is 6.07 Å². The Labute approximate surface area is 109 Å². The van der Waals surface area contributed by atoms with E-state index in [1.54, 1.807) is 0 Å². The fourth-order valence-electron chi connectivity index (χ4n) is 1.81. The lowest BCUT2D eigenvalue weighted by atomic mass is 9.99. The van der Waals surface area contributed by atoms with E-state index in [2.05, 4.69) is 6.07 Å². The smallest absolute Gasteiger partial charge is 0.229 e. The highest BCUT2D eigenvalue weighted by atomic mass is 16.7. The molecule has 0 bridgehead atoms. The van der Waals surface area contributed by atoms with Gasteiger partial charge in [-0.2, -0.15) is 0 Å². The maximum absolute atomic E-state index is 9.74. The molecule has 1 fully saturated rings. The van der Waals surface area contributed by atoms with E-state index in [0.717, 1.165) is 0 Å². The minimum Gasteiger partial charge on any atom is -0.508 e. The third-order valence-corrected chi connectivity index (χ3v) is 2.85. The predicted octanol–water partition coefficient (Wildman–Crippen LogP) is -1.63. The fourth-order valence-corrected chi connectivity index (χ4v) is 1.81. The van der Waals surface area contributed by atoms with Gasteiger partial charge in [0.25, 0.3) is 0 Å². The van der Waals surface area contributed by atoms with Crippen LogP contribution in [0.4, 0.5) is 0 Å². The van der Waals surface area contributed by atoms with Crippen LogP contribution in [0.3, 0.4) is 0 Å². The van der Waals surface area contributed by atoms with E-state index >= 15 is 0 Å². The van der Waals surface area contributed by atoms with Crippen LogP contribution < -0.4 is 4.74 Å². The number of aliphatic hydroxyl groups is 4. The number of rotatable bonds is 3. The summed E-state index contributed by atoms with van der Waals surface area (Å²) in [6, 6.07) is 6.60. The predicted molar refractivity (Wildman–Crippen MR) is 61.3 cm³/mol. The fraction of sp³-hybridized carbons (Fsp3) is 0.500. The normalized spacial score (nSPS) is 35.1. The molecule has 1 aromatic rings. The summed E-state index contributed by atoms with van der Waals surface area (Å²) < 4.78 is 10.4. The van der Waals surface area contributed by atoms with E-state index in [-0.39, 0.29) is 11.5 Å². The van der Waals surface area contributed by atoms with Crippen molar-refractivity contribution in [1.82, 2.24) is 0 Å². The quantitative estimate of drug-likeness (QED) is 0.448. The van der Waals surface area contributed by atoms with Crippen LogP contribution >= 0.6 is 0 Å². The zero-order valence-corrected chi connectivity index (χ0v) is 9.88. The largest absolute Gasteiger partial charge is 0.508 e. The standard InChI is InChI=1S/C12H15O7/c13-5-8-9(15)10(16)11(17)12(19-8)18-7-3-1-2-6(14)4-7/h2-4,8-17H,5H2/t8-,9-,10+,11-,12?/m1/s1. The Morgan fingerprint density at radius 3 is 2.53 bits per heavy atom. The first kappa shape index (κ1) is 14.0. The average molecular weight is 271 g/mol. The van der Waals surface area contributed by atoms with Gasteiger partial charge in [0, 0.05) is 6.07 Å². The van der Waals surface area contributed by atoms with E-state index in [4.69, 9.17) is 14.6 Å². The number of ether oxygens (including phenoxy) is 2. The lowest BCUT2D eigenvalue weighted by molar-refractivity contribution is -0.277. The van der Waals surface area contributed by atoms with Gasteiger partial charge in [-0.15, -0.1) is 0 Å². The van der Waals surface area contributed by atoms with Crippen molar-refractivity contribution in [3.63, 3.8) is 0 Å². The summed E-state index contributed by atoms with van der Waals surface area (Å²) in [5.41, 5.74) is 0. The molecule has 1 aromatic carbocycles. The Hall–Kier alpha value is -1.38. The minimum absolute atomic E-state index is 0.0814. The molecule has 0 aliphatic carbocycles.